The zero-order valence-electron chi connectivity index (χ0n) is 13.0. The normalized spacial score (nSPS) is 18.6. The molecule has 0 amide bonds. The number of hydrogen-bond donors (Lipinski definition) is 0. The second kappa shape index (κ2) is 5.92. The molecular weight excluding hydrogens is 292 g/mol. The van der Waals surface area contributed by atoms with E-state index in [1.165, 1.54) is 5.69 Å². The first kappa shape index (κ1) is 14.1. The fraction of sp³-hybridized carbons (Fsp3) is 0.375. The predicted molar refractivity (Wildman–Crippen MR) is 82.4 cm³/mol. The Kier molecular flexibility index (Phi) is 3.63. The van der Waals surface area contributed by atoms with Gasteiger partial charge in [-0.05, 0) is 25.1 Å². The van der Waals surface area contributed by atoms with Gasteiger partial charge in [0.1, 0.15) is 0 Å². The molecule has 3 aromatic rings. The Morgan fingerprint density at radius 2 is 2.17 bits per heavy atom. The van der Waals surface area contributed by atoms with E-state index in [-0.39, 0.29) is 5.92 Å². The van der Waals surface area contributed by atoms with Gasteiger partial charge >= 0.3 is 0 Å². The molecule has 0 bridgehead atoms. The molecule has 118 valence electrons. The molecule has 0 aromatic carbocycles. The molecule has 0 aliphatic carbocycles. The first-order valence-corrected chi connectivity index (χ1v) is 7.71. The van der Waals surface area contributed by atoms with Crippen LogP contribution in [0, 0.1) is 6.92 Å². The summed E-state index contributed by atoms with van der Waals surface area (Å²) >= 11 is 0. The van der Waals surface area contributed by atoms with Crippen LogP contribution in [0.5, 0.6) is 0 Å². The van der Waals surface area contributed by atoms with Crippen LogP contribution in [0.15, 0.2) is 41.2 Å². The number of rotatable bonds is 3. The number of hydrogen-bond acceptors (Lipinski definition) is 6. The highest BCUT2D eigenvalue weighted by atomic mass is 16.5. The van der Waals surface area contributed by atoms with Crippen LogP contribution in [-0.2, 0) is 19.6 Å². The maximum atomic E-state index is 5.40. The largest absolute Gasteiger partial charge is 0.339 e. The van der Waals surface area contributed by atoms with Crippen molar-refractivity contribution >= 4 is 0 Å². The molecule has 0 N–H and O–H groups in total. The smallest absolute Gasteiger partial charge is 0.232 e. The lowest BCUT2D eigenvalue weighted by atomic mass is 10.1. The van der Waals surface area contributed by atoms with Crippen molar-refractivity contribution in [3.63, 3.8) is 0 Å². The van der Waals surface area contributed by atoms with Crippen molar-refractivity contribution in [2.24, 2.45) is 0 Å². The van der Waals surface area contributed by atoms with E-state index >= 15 is 0 Å². The highest BCUT2D eigenvalue weighted by Gasteiger charge is 2.27. The Labute approximate surface area is 134 Å². The van der Waals surface area contributed by atoms with Gasteiger partial charge in [0.25, 0.3) is 0 Å². The molecule has 0 spiro atoms. The summed E-state index contributed by atoms with van der Waals surface area (Å²) in [6.07, 6.45) is 3.67. The van der Waals surface area contributed by atoms with Crippen LogP contribution >= 0.6 is 0 Å². The molecular formula is C16H18N6O. The summed E-state index contributed by atoms with van der Waals surface area (Å²) in [6.45, 7) is 5.05. The van der Waals surface area contributed by atoms with Gasteiger partial charge in [-0.3, -0.25) is 14.6 Å². The summed E-state index contributed by atoms with van der Waals surface area (Å²) in [5, 5.41) is 8.35. The fourth-order valence-corrected chi connectivity index (χ4v) is 3.01. The first-order valence-electron chi connectivity index (χ1n) is 7.71. The topological polar surface area (TPSA) is 72.9 Å². The SMILES string of the molecule is Cc1noc([C@H]2CN(Cc3ccccn3)Cc3ccnn3C2)n1. The van der Waals surface area contributed by atoms with E-state index in [1.54, 1.807) is 0 Å². The Balaban J connectivity index is 1.62. The first-order chi connectivity index (χ1) is 11.3. The van der Waals surface area contributed by atoms with Crippen molar-refractivity contribution in [3.05, 3.63) is 59.8 Å². The van der Waals surface area contributed by atoms with Crippen molar-refractivity contribution in [2.75, 3.05) is 6.54 Å². The van der Waals surface area contributed by atoms with E-state index in [0.29, 0.717) is 11.7 Å². The van der Waals surface area contributed by atoms with Crippen molar-refractivity contribution < 1.29 is 4.52 Å². The predicted octanol–water partition coefficient (Wildman–Crippen LogP) is 1.77. The monoisotopic (exact) mass is 310 g/mol. The molecule has 0 saturated heterocycles. The fourth-order valence-electron chi connectivity index (χ4n) is 3.01. The third kappa shape index (κ3) is 3.00. The quantitative estimate of drug-likeness (QED) is 0.734. The molecule has 0 fully saturated rings. The lowest BCUT2D eigenvalue weighted by molar-refractivity contribution is 0.224. The van der Waals surface area contributed by atoms with Gasteiger partial charge in [0.15, 0.2) is 5.82 Å². The Hall–Kier alpha value is -2.54. The van der Waals surface area contributed by atoms with Crippen LogP contribution in [0.1, 0.15) is 29.0 Å². The summed E-state index contributed by atoms with van der Waals surface area (Å²) in [6, 6.07) is 8.06. The summed E-state index contributed by atoms with van der Waals surface area (Å²) in [5.74, 6) is 1.47. The standard InChI is InChI=1S/C16H18N6O/c1-12-19-16(23-20-12)13-8-21(10-14-4-2-3-6-17-14)11-15-5-7-18-22(15)9-13/h2-7,13H,8-11H2,1H3/t13-/m0/s1. The number of aryl methyl sites for hydroxylation is 1. The molecule has 0 saturated carbocycles. The second-order valence-corrected chi connectivity index (χ2v) is 5.87. The number of fused-ring (bicyclic) bond motifs is 1. The molecule has 1 aliphatic heterocycles. The highest BCUT2D eigenvalue weighted by molar-refractivity contribution is 5.08. The van der Waals surface area contributed by atoms with Crippen molar-refractivity contribution in [3.8, 4) is 0 Å². The van der Waals surface area contributed by atoms with Crippen LogP contribution < -0.4 is 0 Å². The Morgan fingerprint density at radius 3 is 2.96 bits per heavy atom. The number of aromatic nitrogens is 5. The molecule has 0 radical (unpaired) electrons. The maximum Gasteiger partial charge on any atom is 0.232 e. The molecule has 4 rings (SSSR count). The van der Waals surface area contributed by atoms with Gasteiger partial charge in [-0.15, -0.1) is 0 Å². The van der Waals surface area contributed by atoms with Crippen LogP contribution in [0.2, 0.25) is 0 Å². The number of nitrogens with zero attached hydrogens (tertiary/aromatic N) is 6. The van der Waals surface area contributed by atoms with Crippen LogP contribution in [0.4, 0.5) is 0 Å². The lowest BCUT2D eigenvalue weighted by Gasteiger charge is -2.21. The summed E-state index contributed by atoms with van der Waals surface area (Å²) in [5.41, 5.74) is 2.25. The summed E-state index contributed by atoms with van der Waals surface area (Å²) in [4.78, 5) is 11.2. The minimum Gasteiger partial charge on any atom is -0.339 e. The van der Waals surface area contributed by atoms with Crippen LogP contribution in [-0.4, -0.2) is 36.3 Å². The maximum absolute atomic E-state index is 5.40. The van der Waals surface area contributed by atoms with Crippen LogP contribution in [0.25, 0.3) is 0 Å². The van der Waals surface area contributed by atoms with Gasteiger partial charge in [0, 0.05) is 32.0 Å². The zero-order chi connectivity index (χ0) is 15.6. The highest BCUT2D eigenvalue weighted by Crippen LogP contribution is 2.24. The number of pyridine rings is 1. The van der Waals surface area contributed by atoms with Crippen molar-refractivity contribution in [2.45, 2.75) is 32.5 Å². The van der Waals surface area contributed by atoms with Gasteiger partial charge in [0.2, 0.25) is 5.89 Å². The van der Waals surface area contributed by atoms with Crippen LogP contribution in [0.3, 0.4) is 0 Å². The molecule has 1 atom stereocenters. The van der Waals surface area contributed by atoms with E-state index in [0.717, 1.165) is 31.9 Å². The minimum atomic E-state index is 0.126. The van der Waals surface area contributed by atoms with E-state index in [1.807, 2.05) is 42.2 Å². The van der Waals surface area contributed by atoms with Crippen molar-refractivity contribution in [1.82, 2.24) is 29.8 Å². The van der Waals surface area contributed by atoms with Gasteiger partial charge in [-0.2, -0.15) is 10.1 Å². The summed E-state index contributed by atoms with van der Waals surface area (Å²) in [7, 11) is 0. The van der Waals surface area contributed by atoms with E-state index < -0.39 is 0 Å². The zero-order valence-corrected chi connectivity index (χ0v) is 13.0. The molecule has 3 aromatic heterocycles. The minimum absolute atomic E-state index is 0.126. The molecule has 7 heteroatoms. The van der Waals surface area contributed by atoms with Gasteiger partial charge in [-0.25, -0.2) is 0 Å². The van der Waals surface area contributed by atoms with Gasteiger partial charge in [0.05, 0.1) is 23.9 Å². The Morgan fingerprint density at radius 1 is 1.22 bits per heavy atom. The average molecular weight is 310 g/mol. The van der Waals surface area contributed by atoms with E-state index in [4.69, 9.17) is 4.52 Å². The third-order valence-electron chi connectivity index (χ3n) is 4.07. The summed E-state index contributed by atoms with van der Waals surface area (Å²) < 4.78 is 7.44. The second-order valence-electron chi connectivity index (χ2n) is 5.87. The molecule has 0 unspecified atom stereocenters. The third-order valence-corrected chi connectivity index (χ3v) is 4.07. The van der Waals surface area contributed by atoms with E-state index in [9.17, 15) is 0 Å². The van der Waals surface area contributed by atoms with Gasteiger partial charge < -0.3 is 4.52 Å². The lowest BCUT2D eigenvalue weighted by Crippen LogP contribution is -2.27. The molecule has 4 heterocycles. The van der Waals surface area contributed by atoms with E-state index in [2.05, 4.69) is 31.2 Å². The Bertz CT molecular complexity index is 781. The molecule has 23 heavy (non-hydrogen) atoms. The average Bonchev–Trinajstić information content (AvgIpc) is 3.13. The van der Waals surface area contributed by atoms with Gasteiger partial charge in [-0.1, -0.05) is 11.2 Å². The molecule has 1 aliphatic rings. The molecule has 7 nitrogen and oxygen atoms in total. The van der Waals surface area contributed by atoms with Crippen molar-refractivity contribution in [1.29, 1.82) is 0 Å².